The summed E-state index contributed by atoms with van der Waals surface area (Å²) in [6.07, 6.45) is -0.438. The van der Waals surface area contributed by atoms with Gasteiger partial charge in [-0.15, -0.1) is 0 Å². The van der Waals surface area contributed by atoms with Crippen molar-refractivity contribution in [3.63, 3.8) is 0 Å². The van der Waals surface area contributed by atoms with Crippen LogP contribution >= 0.6 is 0 Å². The second-order valence-corrected chi connectivity index (χ2v) is 8.07. The van der Waals surface area contributed by atoms with Crippen molar-refractivity contribution in [1.82, 2.24) is 4.90 Å². The normalized spacial score (nSPS) is 18.6. The third-order valence-electron chi connectivity index (χ3n) is 5.35. The van der Waals surface area contributed by atoms with Gasteiger partial charge in [-0.05, 0) is 41.8 Å². The number of nitrogens with zero attached hydrogens (tertiary/aromatic N) is 1. The Hall–Kier alpha value is -3.10. The van der Waals surface area contributed by atoms with Crippen molar-refractivity contribution in [2.45, 2.75) is 26.0 Å². The molecule has 0 aliphatic carbocycles. The van der Waals surface area contributed by atoms with Gasteiger partial charge in [-0.2, -0.15) is 0 Å². The number of nitrogens with one attached hydrogen (secondary N) is 1. The first-order chi connectivity index (χ1) is 15.4. The van der Waals surface area contributed by atoms with Crippen molar-refractivity contribution in [3.05, 3.63) is 53.6 Å². The molecular formula is C24H30N2O6. The Bertz CT molecular complexity index is 944. The number of morpholine rings is 1. The largest absolute Gasteiger partial charge is 0.493 e. The number of anilines is 1. The van der Waals surface area contributed by atoms with E-state index in [1.807, 2.05) is 26.0 Å². The number of methoxy groups -OCH3 is 2. The van der Waals surface area contributed by atoms with Crippen LogP contribution in [-0.2, 0) is 9.53 Å². The summed E-state index contributed by atoms with van der Waals surface area (Å²) in [4.78, 5) is 26.6. The molecule has 1 saturated heterocycles. The lowest BCUT2D eigenvalue weighted by atomic mass is 9.98. The van der Waals surface area contributed by atoms with Gasteiger partial charge in [0.1, 0.15) is 12.7 Å². The molecule has 1 fully saturated rings. The third kappa shape index (κ3) is 5.20. The van der Waals surface area contributed by atoms with Crippen LogP contribution in [0.5, 0.6) is 11.5 Å². The lowest BCUT2D eigenvalue weighted by molar-refractivity contribution is -0.161. The average Bonchev–Trinajstić information content (AvgIpc) is 2.80. The fourth-order valence-corrected chi connectivity index (χ4v) is 3.78. The Labute approximate surface area is 188 Å². The second-order valence-electron chi connectivity index (χ2n) is 8.07. The van der Waals surface area contributed by atoms with Gasteiger partial charge in [0.25, 0.3) is 5.91 Å². The summed E-state index contributed by atoms with van der Waals surface area (Å²) in [6, 6.07) is 11.7. The van der Waals surface area contributed by atoms with Gasteiger partial charge in [-0.1, -0.05) is 26.0 Å². The highest BCUT2D eigenvalue weighted by atomic mass is 16.5. The molecule has 2 amide bonds. The van der Waals surface area contributed by atoms with Crippen molar-refractivity contribution in [1.29, 1.82) is 0 Å². The van der Waals surface area contributed by atoms with Gasteiger partial charge in [0.15, 0.2) is 11.5 Å². The smallest absolute Gasteiger partial charge is 0.255 e. The van der Waals surface area contributed by atoms with Crippen LogP contribution in [0.3, 0.4) is 0 Å². The molecule has 2 aromatic rings. The highest BCUT2D eigenvalue weighted by molar-refractivity contribution is 6.04. The minimum Gasteiger partial charge on any atom is -0.493 e. The number of carbonyl (C=O) groups excluding carboxylic acids is 2. The van der Waals surface area contributed by atoms with E-state index >= 15 is 0 Å². The number of hydrogen-bond donors (Lipinski definition) is 2. The molecule has 0 saturated carbocycles. The van der Waals surface area contributed by atoms with Crippen molar-refractivity contribution in [3.8, 4) is 11.5 Å². The lowest BCUT2D eigenvalue weighted by Crippen LogP contribution is -2.53. The number of ether oxygens (including phenoxy) is 3. The summed E-state index contributed by atoms with van der Waals surface area (Å²) in [5.74, 6) is 0.896. The minimum atomic E-state index is -0.453. The van der Waals surface area contributed by atoms with Gasteiger partial charge < -0.3 is 29.5 Å². The number of carbonyl (C=O) groups is 2. The topological polar surface area (TPSA) is 97.3 Å². The van der Waals surface area contributed by atoms with Gasteiger partial charge >= 0.3 is 0 Å². The van der Waals surface area contributed by atoms with E-state index in [0.717, 1.165) is 5.56 Å². The second kappa shape index (κ2) is 10.5. The zero-order valence-electron chi connectivity index (χ0n) is 18.8. The molecule has 32 heavy (non-hydrogen) atoms. The van der Waals surface area contributed by atoms with Crippen molar-refractivity contribution in [2.24, 2.45) is 5.92 Å². The summed E-state index contributed by atoms with van der Waals surface area (Å²) in [6.45, 7) is 4.40. The number of hydrogen-bond acceptors (Lipinski definition) is 6. The van der Waals surface area contributed by atoms with E-state index in [0.29, 0.717) is 29.3 Å². The highest BCUT2D eigenvalue weighted by Crippen LogP contribution is 2.31. The maximum Gasteiger partial charge on any atom is 0.255 e. The van der Waals surface area contributed by atoms with E-state index in [9.17, 15) is 14.7 Å². The molecule has 1 aliphatic heterocycles. The van der Waals surface area contributed by atoms with Crippen LogP contribution < -0.4 is 14.8 Å². The number of benzene rings is 2. The van der Waals surface area contributed by atoms with Crippen molar-refractivity contribution < 1.29 is 28.9 Å². The summed E-state index contributed by atoms with van der Waals surface area (Å²) in [5.41, 5.74) is 1.87. The third-order valence-corrected chi connectivity index (χ3v) is 5.35. The molecule has 172 valence electrons. The molecule has 1 heterocycles. The van der Waals surface area contributed by atoms with Crippen LogP contribution in [0.25, 0.3) is 0 Å². The Morgan fingerprint density at radius 1 is 1.16 bits per heavy atom. The summed E-state index contributed by atoms with van der Waals surface area (Å²) >= 11 is 0. The van der Waals surface area contributed by atoms with Crippen LogP contribution in [0, 0.1) is 5.92 Å². The zero-order valence-corrected chi connectivity index (χ0v) is 18.8. The Morgan fingerprint density at radius 3 is 2.44 bits per heavy atom. The van der Waals surface area contributed by atoms with Crippen molar-refractivity contribution >= 4 is 17.5 Å². The average molecular weight is 443 g/mol. The number of amides is 2. The molecule has 0 radical (unpaired) electrons. The predicted octanol–water partition coefficient (Wildman–Crippen LogP) is 2.87. The molecule has 2 aromatic carbocycles. The first-order valence-corrected chi connectivity index (χ1v) is 10.5. The molecule has 0 bridgehead atoms. The van der Waals surface area contributed by atoms with Crippen LogP contribution in [0.2, 0.25) is 0 Å². The van der Waals surface area contributed by atoms with E-state index in [2.05, 4.69) is 5.32 Å². The lowest BCUT2D eigenvalue weighted by Gasteiger charge is -2.41. The van der Waals surface area contributed by atoms with E-state index < -0.39 is 12.1 Å². The van der Waals surface area contributed by atoms with Gasteiger partial charge in [-0.3, -0.25) is 9.59 Å². The van der Waals surface area contributed by atoms with Crippen LogP contribution in [-0.4, -0.2) is 61.8 Å². The molecule has 8 nitrogen and oxygen atoms in total. The monoisotopic (exact) mass is 442 g/mol. The van der Waals surface area contributed by atoms with Gasteiger partial charge in [0.2, 0.25) is 5.91 Å². The predicted molar refractivity (Wildman–Crippen MR) is 120 cm³/mol. The van der Waals surface area contributed by atoms with E-state index in [1.54, 1.807) is 35.2 Å². The van der Waals surface area contributed by atoms with E-state index in [4.69, 9.17) is 14.2 Å². The molecule has 8 heteroatoms. The fraction of sp³-hybridized carbons (Fsp3) is 0.417. The Morgan fingerprint density at radius 2 is 1.84 bits per heavy atom. The summed E-state index contributed by atoms with van der Waals surface area (Å²) in [5, 5.41) is 12.8. The van der Waals surface area contributed by atoms with Crippen molar-refractivity contribution in [2.75, 3.05) is 39.3 Å². The van der Waals surface area contributed by atoms with Crippen LogP contribution in [0.1, 0.15) is 35.9 Å². The maximum absolute atomic E-state index is 12.6. The molecule has 1 aliphatic rings. The molecule has 2 unspecified atom stereocenters. The van der Waals surface area contributed by atoms with Crippen LogP contribution in [0.4, 0.5) is 5.69 Å². The molecule has 2 N–H and O–H groups in total. The zero-order chi connectivity index (χ0) is 23.3. The quantitative estimate of drug-likeness (QED) is 0.653. The SMILES string of the molecule is COc1ccc(C(=O)Nc2ccc(C3OCC(=O)N(CC(C)C)C3CO)cc2)cc1OC. The van der Waals surface area contributed by atoms with E-state index in [-0.39, 0.29) is 30.9 Å². The maximum atomic E-state index is 12.6. The van der Waals surface area contributed by atoms with Gasteiger partial charge in [0.05, 0.1) is 26.9 Å². The Balaban J connectivity index is 1.73. The molecule has 0 spiro atoms. The van der Waals surface area contributed by atoms with Gasteiger partial charge in [0, 0.05) is 17.8 Å². The highest BCUT2D eigenvalue weighted by Gasteiger charge is 2.37. The minimum absolute atomic E-state index is 0.0221. The number of aliphatic hydroxyl groups excluding tert-OH is 1. The summed E-state index contributed by atoms with van der Waals surface area (Å²) < 4.78 is 16.2. The Kier molecular flexibility index (Phi) is 7.71. The fourth-order valence-electron chi connectivity index (χ4n) is 3.78. The molecule has 2 atom stereocenters. The first kappa shape index (κ1) is 23.6. The first-order valence-electron chi connectivity index (χ1n) is 10.5. The number of aliphatic hydroxyl groups is 1. The molecular weight excluding hydrogens is 412 g/mol. The molecule has 3 rings (SSSR count). The standard InChI is InChI=1S/C24H30N2O6/c1-15(2)12-26-19(13-27)23(32-14-22(26)28)16-5-8-18(9-6-16)25-24(29)17-7-10-20(30-3)21(11-17)31-4/h5-11,15,19,23,27H,12-14H2,1-4H3,(H,25,29). The van der Waals surface area contributed by atoms with Gasteiger partial charge in [-0.25, -0.2) is 0 Å². The van der Waals surface area contributed by atoms with E-state index in [1.165, 1.54) is 14.2 Å². The number of rotatable bonds is 8. The summed E-state index contributed by atoms with van der Waals surface area (Å²) in [7, 11) is 3.05. The van der Waals surface area contributed by atoms with Crippen LogP contribution in [0.15, 0.2) is 42.5 Å². The molecule has 0 aromatic heterocycles.